The Morgan fingerprint density at radius 1 is 1.32 bits per heavy atom. The molecule has 0 saturated heterocycles. The molecule has 0 fully saturated rings. The van der Waals surface area contributed by atoms with E-state index in [4.69, 9.17) is 14.7 Å². The quantitative estimate of drug-likeness (QED) is 0.693. The summed E-state index contributed by atoms with van der Waals surface area (Å²) < 4.78 is 23.7. The molecular formula is C14H19FN2O2. The standard InChI is InChI=1S/C14H19FN2O2/c1-18-7-8-19-6-2-5-17-11-13-4-3-12(10-16)9-14(13)15/h3-4,9,17H,2,5-8,11H2,1H3. The van der Waals surface area contributed by atoms with E-state index in [9.17, 15) is 4.39 Å². The first kappa shape index (κ1) is 15.6. The summed E-state index contributed by atoms with van der Waals surface area (Å²) in [5, 5.41) is 11.8. The van der Waals surface area contributed by atoms with E-state index >= 15 is 0 Å². The van der Waals surface area contributed by atoms with Crippen molar-refractivity contribution >= 4 is 0 Å². The number of halogens is 1. The molecule has 0 radical (unpaired) electrons. The van der Waals surface area contributed by atoms with Gasteiger partial charge in [0, 0.05) is 25.8 Å². The lowest BCUT2D eigenvalue weighted by atomic mass is 10.1. The number of nitriles is 1. The zero-order valence-corrected chi connectivity index (χ0v) is 11.1. The summed E-state index contributed by atoms with van der Waals surface area (Å²) in [6.07, 6.45) is 0.863. The van der Waals surface area contributed by atoms with E-state index < -0.39 is 0 Å². The monoisotopic (exact) mass is 266 g/mol. The van der Waals surface area contributed by atoms with Crippen molar-refractivity contribution < 1.29 is 13.9 Å². The number of hydrogen-bond acceptors (Lipinski definition) is 4. The zero-order chi connectivity index (χ0) is 13.9. The summed E-state index contributed by atoms with van der Waals surface area (Å²) in [5.41, 5.74) is 0.909. The summed E-state index contributed by atoms with van der Waals surface area (Å²) in [6, 6.07) is 6.42. The van der Waals surface area contributed by atoms with E-state index in [2.05, 4.69) is 5.32 Å². The van der Waals surface area contributed by atoms with Gasteiger partial charge >= 0.3 is 0 Å². The molecule has 4 nitrogen and oxygen atoms in total. The smallest absolute Gasteiger partial charge is 0.129 e. The van der Waals surface area contributed by atoms with Gasteiger partial charge in [-0.3, -0.25) is 0 Å². The molecule has 0 spiro atoms. The highest BCUT2D eigenvalue weighted by Crippen LogP contribution is 2.09. The van der Waals surface area contributed by atoms with Gasteiger partial charge in [-0.05, 0) is 25.1 Å². The van der Waals surface area contributed by atoms with Crippen molar-refractivity contribution in [1.29, 1.82) is 5.26 Å². The Labute approximate surface area is 113 Å². The maximum absolute atomic E-state index is 13.5. The van der Waals surface area contributed by atoms with Gasteiger partial charge < -0.3 is 14.8 Å². The zero-order valence-electron chi connectivity index (χ0n) is 11.1. The van der Waals surface area contributed by atoms with E-state index in [0.717, 1.165) is 13.0 Å². The molecule has 0 aliphatic heterocycles. The van der Waals surface area contributed by atoms with Crippen LogP contribution < -0.4 is 5.32 Å². The van der Waals surface area contributed by atoms with E-state index in [1.54, 1.807) is 19.2 Å². The molecule has 0 unspecified atom stereocenters. The molecule has 0 heterocycles. The highest BCUT2D eigenvalue weighted by atomic mass is 19.1. The highest BCUT2D eigenvalue weighted by Gasteiger charge is 2.02. The average molecular weight is 266 g/mol. The minimum Gasteiger partial charge on any atom is -0.382 e. The van der Waals surface area contributed by atoms with Gasteiger partial charge in [0.2, 0.25) is 0 Å². The molecule has 5 heteroatoms. The van der Waals surface area contributed by atoms with Crippen molar-refractivity contribution in [3.8, 4) is 6.07 Å². The number of nitrogens with one attached hydrogen (secondary N) is 1. The normalized spacial score (nSPS) is 10.4. The van der Waals surface area contributed by atoms with Crippen LogP contribution in [0.15, 0.2) is 18.2 Å². The molecule has 1 aromatic rings. The summed E-state index contributed by atoms with van der Waals surface area (Å²) in [6.45, 7) is 3.07. The summed E-state index contributed by atoms with van der Waals surface area (Å²) in [7, 11) is 1.64. The minimum atomic E-state index is -0.345. The lowest BCUT2D eigenvalue weighted by Gasteiger charge is -2.07. The molecule has 1 N–H and O–H groups in total. The fourth-order valence-corrected chi connectivity index (χ4v) is 1.53. The second-order valence-corrected chi connectivity index (χ2v) is 4.05. The Bertz CT molecular complexity index is 418. The van der Waals surface area contributed by atoms with E-state index in [-0.39, 0.29) is 5.82 Å². The van der Waals surface area contributed by atoms with E-state index in [1.165, 1.54) is 6.07 Å². The fourth-order valence-electron chi connectivity index (χ4n) is 1.53. The van der Waals surface area contributed by atoms with Crippen molar-refractivity contribution in [1.82, 2.24) is 5.32 Å². The van der Waals surface area contributed by atoms with Crippen LogP contribution in [0.2, 0.25) is 0 Å². The van der Waals surface area contributed by atoms with Crippen molar-refractivity contribution in [2.45, 2.75) is 13.0 Å². The van der Waals surface area contributed by atoms with Gasteiger partial charge in [-0.2, -0.15) is 5.26 Å². The van der Waals surface area contributed by atoms with E-state index in [1.807, 2.05) is 6.07 Å². The SMILES string of the molecule is COCCOCCCNCc1ccc(C#N)cc1F. The predicted molar refractivity (Wildman–Crippen MR) is 70.1 cm³/mol. The Kier molecular flexibility index (Phi) is 7.75. The molecule has 0 aliphatic rings. The molecule has 1 rings (SSSR count). The van der Waals surface area contributed by atoms with Gasteiger partial charge in [0.25, 0.3) is 0 Å². The van der Waals surface area contributed by atoms with Crippen LogP contribution in [0.5, 0.6) is 0 Å². The Hall–Kier alpha value is -1.48. The second-order valence-electron chi connectivity index (χ2n) is 4.05. The Morgan fingerprint density at radius 2 is 2.16 bits per heavy atom. The number of methoxy groups -OCH3 is 1. The average Bonchev–Trinajstić information content (AvgIpc) is 2.43. The maximum Gasteiger partial charge on any atom is 0.129 e. The van der Waals surface area contributed by atoms with Crippen LogP contribution in [0, 0.1) is 17.1 Å². The van der Waals surface area contributed by atoms with Crippen LogP contribution in [0.3, 0.4) is 0 Å². The molecule has 0 aromatic heterocycles. The molecule has 0 aliphatic carbocycles. The number of ether oxygens (including phenoxy) is 2. The molecule has 1 aromatic carbocycles. The van der Waals surface area contributed by atoms with Gasteiger partial charge in [-0.15, -0.1) is 0 Å². The molecule has 0 amide bonds. The molecule has 0 atom stereocenters. The topological polar surface area (TPSA) is 54.3 Å². The van der Waals surface area contributed by atoms with Crippen molar-refractivity contribution in [2.24, 2.45) is 0 Å². The van der Waals surface area contributed by atoms with Gasteiger partial charge in [-0.1, -0.05) is 6.07 Å². The predicted octanol–water partition coefficient (Wildman–Crippen LogP) is 1.84. The minimum absolute atomic E-state index is 0.341. The fraction of sp³-hybridized carbons (Fsp3) is 0.500. The van der Waals surface area contributed by atoms with Crippen LogP contribution in [0.4, 0.5) is 4.39 Å². The van der Waals surface area contributed by atoms with Crippen LogP contribution in [-0.4, -0.2) is 33.5 Å². The Morgan fingerprint density at radius 3 is 2.84 bits per heavy atom. The first-order valence-corrected chi connectivity index (χ1v) is 6.24. The second kappa shape index (κ2) is 9.45. The van der Waals surface area contributed by atoms with Crippen LogP contribution in [0.1, 0.15) is 17.5 Å². The van der Waals surface area contributed by atoms with Crippen LogP contribution in [-0.2, 0) is 16.0 Å². The van der Waals surface area contributed by atoms with Crippen molar-refractivity contribution in [3.05, 3.63) is 35.1 Å². The third-order valence-electron chi connectivity index (χ3n) is 2.57. The third kappa shape index (κ3) is 6.30. The van der Waals surface area contributed by atoms with Crippen LogP contribution >= 0.6 is 0 Å². The number of nitrogens with zero attached hydrogens (tertiary/aromatic N) is 1. The van der Waals surface area contributed by atoms with Gasteiger partial charge in [0.1, 0.15) is 5.82 Å². The lowest BCUT2D eigenvalue weighted by molar-refractivity contribution is 0.0694. The van der Waals surface area contributed by atoms with Gasteiger partial charge in [0.05, 0.1) is 24.8 Å². The van der Waals surface area contributed by atoms with Crippen LogP contribution in [0.25, 0.3) is 0 Å². The molecule has 104 valence electrons. The highest BCUT2D eigenvalue weighted by molar-refractivity contribution is 5.32. The van der Waals surface area contributed by atoms with Gasteiger partial charge in [0.15, 0.2) is 0 Å². The first-order chi connectivity index (χ1) is 9.27. The number of hydrogen-bond donors (Lipinski definition) is 1. The van der Waals surface area contributed by atoms with Gasteiger partial charge in [-0.25, -0.2) is 4.39 Å². The largest absolute Gasteiger partial charge is 0.382 e. The lowest BCUT2D eigenvalue weighted by Crippen LogP contribution is -2.17. The van der Waals surface area contributed by atoms with E-state index in [0.29, 0.717) is 37.5 Å². The number of rotatable bonds is 9. The number of benzene rings is 1. The first-order valence-electron chi connectivity index (χ1n) is 6.24. The Balaban J connectivity index is 2.14. The summed E-state index contributed by atoms with van der Waals surface area (Å²) in [5.74, 6) is -0.345. The molecular weight excluding hydrogens is 247 g/mol. The van der Waals surface area contributed by atoms with Crippen molar-refractivity contribution in [3.63, 3.8) is 0 Å². The molecule has 19 heavy (non-hydrogen) atoms. The summed E-state index contributed by atoms with van der Waals surface area (Å²) >= 11 is 0. The summed E-state index contributed by atoms with van der Waals surface area (Å²) in [4.78, 5) is 0. The third-order valence-corrected chi connectivity index (χ3v) is 2.57. The molecule has 0 bridgehead atoms. The molecule has 0 saturated carbocycles. The maximum atomic E-state index is 13.5. The van der Waals surface area contributed by atoms with Crippen molar-refractivity contribution in [2.75, 3.05) is 33.5 Å².